The molecule has 0 aromatic heterocycles. The van der Waals surface area contributed by atoms with Crippen LogP contribution in [0.1, 0.15) is 35.1 Å². The zero-order valence-corrected chi connectivity index (χ0v) is 24.5. The van der Waals surface area contributed by atoms with Gasteiger partial charge in [-0.3, -0.25) is 14.7 Å². The fourth-order valence-electron chi connectivity index (χ4n) is 4.93. The quantitative estimate of drug-likeness (QED) is 0.459. The lowest BCUT2D eigenvalue weighted by atomic mass is 9.89. The molecule has 43 heavy (non-hydrogen) atoms. The van der Waals surface area contributed by atoms with Crippen LogP contribution in [0.2, 0.25) is 0 Å². The van der Waals surface area contributed by atoms with Gasteiger partial charge >= 0.3 is 12.5 Å². The summed E-state index contributed by atoms with van der Waals surface area (Å²) in [6.45, 7) is 3.13. The number of sulfonamides is 1. The Bertz CT molecular complexity index is 1540. The van der Waals surface area contributed by atoms with Gasteiger partial charge in [-0.05, 0) is 73.7 Å². The molecule has 2 aromatic carbocycles. The Kier molecular flexibility index (Phi) is 9.18. The van der Waals surface area contributed by atoms with Gasteiger partial charge in [-0.15, -0.1) is 13.2 Å². The first-order valence-electron chi connectivity index (χ1n) is 13.2. The summed E-state index contributed by atoms with van der Waals surface area (Å²) in [6.07, 6.45) is -3.87. The summed E-state index contributed by atoms with van der Waals surface area (Å²) in [5.74, 6) is -0.812. The maximum atomic E-state index is 13.2. The Morgan fingerprint density at radius 2 is 1.84 bits per heavy atom. The molecule has 1 saturated heterocycles. The summed E-state index contributed by atoms with van der Waals surface area (Å²) in [7, 11) is -2.35. The fraction of sp³-hybridized carbons (Fsp3) is 0.393. The van der Waals surface area contributed by atoms with Crippen LogP contribution >= 0.6 is 0 Å². The predicted molar refractivity (Wildman–Crippen MR) is 152 cm³/mol. The lowest BCUT2D eigenvalue weighted by Crippen LogP contribution is -2.50. The van der Waals surface area contributed by atoms with Gasteiger partial charge in [0.1, 0.15) is 23.7 Å². The van der Waals surface area contributed by atoms with Gasteiger partial charge in [0, 0.05) is 36.8 Å². The monoisotopic (exact) mass is 624 g/mol. The van der Waals surface area contributed by atoms with Crippen molar-refractivity contribution in [2.45, 2.75) is 38.6 Å². The van der Waals surface area contributed by atoms with Crippen LogP contribution in [0.5, 0.6) is 5.75 Å². The minimum Gasteiger partial charge on any atom is -0.447 e. The van der Waals surface area contributed by atoms with E-state index in [9.17, 15) is 31.2 Å². The molecule has 0 radical (unpaired) electrons. The van der Waals surface area contributed by atoms with E-state index in [0.29, 0.717) is 11.3 Å². The number of aliphatic hydroxyl groups is 1. The average Bonchev–Trinajstić information content (AvgIpc) is 3.25. The van der Waals surface area contributed by atoms with E-state index in [-0.39, 0.29) is 50.5 Å². The zero-order valence-electron chi connectivity index (χ0n) is 23.6. The van der Waals surface area contributed by atoms with Crippen molar-refractivity contribution < 1.29 is 45.8 Å². The number of aryl methyl sites for hydroxylation is 2. The second-order valence-corrected chi connectivity index (χ2v) is 12.0. The maximum absolute atomic E-state index is 13.2. The minimum atomic E-state index is -4.87. The highest BCUT2D eigenvalue weighted by atomic mass is 32.2. The number of hydrogen-bond acceptors (Lipinski definition) is 8. The zero-order chi connectivity index (χ0) is 31.6. The number of ether oxygens (including phenoxy) is 2. The van der Waals surface area contributed by atoms with E-state index >= 15 is 0 Å². The molecule has 0 atom stereocenters. The van der Waals surface area contributed by atoms with Gasteiger partial charge in [0.15, 0.2) is 0 Å². The number of aliphatic hydroxyl groups excluding tert-OH is 1. The Morgan fingerprint density at radius 3 is 2.44 bits per heavy atom. The van der Waals surface area contributed by atoms with Crippen LogP contribution in [-0.4, -0.2) is 80.9 Å². The topological polar surface area (TPSA) is 138 Å². The average molecular weight is 625 g/mol. The summed E-state index contributed by atoms with van der Waals surface area (Å²) in [4.78, 5) is 30.8. The first-order valence-corrected chi connectivity index (χ1v) is 14.7. The normalized spacial score (nSPS) is 17.2. The fourth-order valence-corrected chi connectivity index (χ4v) is 6.10. The van der Waals surface area contributed by atoms with E-state index in [1.165, 1.54) is 34.5 Å². The molecule has 0 saturated carbocycles. The van der Waals surface area contributed by atoms with Crippen LogP contribution in [0.25, 0.3) is 6.08 Å². The lowest BCUT2D eigenvalue weighted by molar-refractivity contribution is -0.274. The van der Waals surface area contributed by atoms with Crippen molar-refractivity contribution in [3.63, 3.8) is 0 Å². The third-order valence-electron chi connectivity index (χ3n) is 7.19. The number of aliphatic imine (C=N–C) groups is 1. The molecule has 0 bridgehead atoms. The van der Waals surface area contributed by atoms with Crippen LogP contribution in [0.15, 0.2) is 46.8 Å². The molecular weight excluding hydrogens is 593 g/mol. The number of piperidine rings is 1. The van der Waals surface area contributed by atoms with Gasteiger partial charge in [0.05, 0.1) is 6.61 Å². The highest BCUT2D eigenvalue weighted by molar-refractivity contribution is 7.92. The van der Waals surface area contributed by atoms with Gasteiger partial charge < -0.3 is 19.9 Å². The third-order valence-corrected chi connectivity index (χ3v) is 8.76. The van der Waals surface area contributed by atoms with Crippen molar-refractivity contribution in [2.24, 2.45) is 4.99 Å². The van der Waals surface area contributed by atoms with Gasteiger partial charge in [-0.1, -0.05) is 12.1 Å². The number of rotatable bonds is 8. The van der Waals surface area contributed by atoms with Crippen LogP contribution in [0, 0.1) is 13.8 Å². The Morgan fingerprint density at radius 1 is 1.19 bits per heavy atom. The standard InChI is InChI=1S/C28H31F3N4O7S/c1-18-15-21(34(3)26(38)41-13-12-36)16-19(2)23(18)7-14-43(39,40)35-10-8-27(9-11-35)25(37)32-24(33-27)20-5-4-6-22(17-20)42-28(29,30)31/h4-7,14-17,36H,8-13H2,1-3H3,(H,32,33,37)/b14-7+. The number of anilines is 1. The van der Waals surface area contributed by atoms with E-state index in [1.54, 1.807) is 26.0 Å². The molecule has 1 fully saturated rings. The predicted octanol–water partition coefficient (Wildman–Crippen LogP) is 3.48. The number of carbonyl (C=O) groups is 2. The second kappa shape index (κ2) is 12.3. The first kappa shape index (κ1) is 32.0. The third kappa shape index (κ3) is 7.35. The molecule has 2 aliphatic rings. The Balaban J connectivity index is 1.45. The lowest BCUT2D eigenvalue weighted by Gasteiger charge is -2.34. The molecule has 2 aromatic rings. The smallest absolute Gasteiger partial charge is 0.447 e. The molecule has 2 amide bonds. The molecule has 4 rings (SSSR count). The molecule has 232 valence electrons. The number of nitrogens with one attached hydrogen (secondary N) is 1. The molecule has 15 heteroatoms. The SMILES string of the molecule is Cc1cc(N(C)C(=O)OCCO)cc(C)c1/C=C/S(=O)(=O)N1CCC2(CC1)N=C(c1cccc(OC(F)(F)F)c1)NC2=O. The molecule has 11 nitrogen and oxygen atoms in total. The molecule has 0 aliphatic carbocycles. The Labute approximate surface area is 246 Å². The Hall–Kier alpha value is -3.95. The summed E-state index contributed by atoms with van der Waals surface area (Å²) in [6, 6.07) is 8.51. The van der Waals surface area contributed by atoms with Gasteiger partial charge in [0.2, 0.25) is 10.0 Å². The van der Waals surface area contributed by atoms with Crippen molar-refractivity contribution in [1.29, 1.82) is 0 Å². The summed E-state index contributed by atoms with van der Waals surface area (Å²) in [5, 5.41) is 12.6. The molecule has 0 unspecified atom stereocenters. The number of nitrogens with zero attached hydrogens (tertiary/aromatic N) is 3. The van der Waals surface area contributed by atoms with Crippen molar-refractivity contribution in [1.82, 2.24) is 9.62 Å². The van der Waals surface area contributed by atoms with Gasteiger partial charge in [-0.2, -0.15) is 4.31 Å². The van der Waals surface area contributed by atoms with Gasteiger partial charge in [0.25, 0.3) is 5.91 Å². The number of amidine groups is 1. The van der Waals surface area contributed by atoms with Crippen molar-refractivity contribution in [2.75, 3.05) is 38.3 Å². The second-order valence-electron chi connectivity index (χ2n) is 10.2. The van der Waals surface area contributed by atoms with E-state index in [1.807, 2.05) is 0 Å². The van der Waals surface area contributed by atoms with Crippen molar-refractivity contribution in [3.05, 3.63) is 64.1 Å². The van der Waals surface area contributed by atoms with E-state index in [0.717, 1.165) is 28.7 Å². The number of carbonyl (C=O) groups excluding carboxylic acids is 2. The molecular formula is C28H31F3N4O7S. The molecule has 1 spiro atoms. The van der Waals surface area contributed by atoms with Gasteiger partial charge in [-0.25, -0.2) is 13.2 Å². The van der Waals surface area contributed by atoms with E-state index < -0.39 is 39.7 Å². The number of benzene rings is 2. The van der Waals surface area contributed by atoms with Crippen LogP contribution in [0.4, 0.5) is 23.7 Å². The number of halogens is 3. The molecule has 2 aliphatic heterocycles. The number of amides is 2. The summed E-state index contributed by atoms with van der Waals surface area (Å²) >= 11 is 0. The van der Waals surface area contributed by atoms with Crippen LogP contribution in [0.3, 0.4) is 0 Å². The van der Waals surface area contributed by atoms with Crippen LogP contribution in [-0.2, 0) is 19.6 Å². The minimum absolute atomic E-state index is 0.00570. The van der Waals surface area contributed by atoms with E-state index in [2.05, 4.69) is 15.0 Å². The van der Waals surface area contributed by atoms with Crippen molar-refractivity contribution in [3.8, 4) is 5.75 Å². The number of alkyl halides is 3. The van der Waals surface area contributed by atoms with Crippen molar-refractivity contribution >= 4 is 39.6 Å². The summed E-state index contributed by atoms with van der Waals surface area (Å²) in [5.41, 5.74) is 1.62. The first-order chi connectivity index (χ1) is 20.1. The number of hydrogen-bond donors (Lipinski definition) is 2. The summed E-state index contributed by atoms with van der Waals surface area (Å²) < 4.78 is 74.3. The largest absolute Gasteiger partial charge is 0.573 e. The van der Waals surface area contributed by atoms with E-state index in [4.69, 9.17) is 9.84 Å². The maximum Gasteiger partial charge on any atom is 0.573 e. The van der Waals surface area contributed by atoms with Crippen LogP contribution < -0.4 is 15.0 Å². The highest BCUT2D eigenvalue weighted by Gasteiger charge is 2.47. The molecule has 2 N–H and O–H groups in total. The highest BCUT2D eigenvalue weighted by Crippen LogP contribution is 2.33. The molecule has 2 heterocycles.